The lowest BCUT2D eigenvalue weighted by atomic mass is 10.0. The van der Waals surface area contributed by atoms with Gasteiger partial charge < -0.3 is 5.73 Å². The van der Waals surface area contributed by atoms with Crippen LogP contribution in [0, 0.1) is 0 Å². The van der Waals surface area contributed by atoms with E-state index in [2.05, 4.69) is 15.1 Å². The summed E-state index contributed by atoms with van der Waals surface area (Å²) in [6.45, 7) is 0. The standard InChI is InChI=1S/C14H20N5P/c1-19-13(15)11(9-17-19)12-7-8-16-14(18-12)20-10-5-3-2-4-6-10/h7-10,20H,2-6,15H2,1H3. The molecule has 1 unspecified atom stereocenters. The summed E-state index contributed by atoms with van der Waals surface area (Å²) in [7, 11) is 2.55. The Morgan fingerprint density at radius 1 is 1.30 bits per heavy atom. The molecule has 2 heterocycles. The highest BCUT2D eigenvalue weighted by atomic mass is 31.1. The lowest BCUT2D eigenvalue weighted by molar-refractivity contribution is 0.514. The van der Waals surface area contributed by atoms with Crippen molar-refractivity contribution in [3.8, 4) is 11.3 Å². The molecule has 1 saturated carbocycles. The van der Waals surface area contributed by atoms with E-state index >= 15 is 0 Å². The molecule has 0 bridgehead atoms. The van der Waals surface area contributed by atoms with Gasteiger partial charge >= 0.3 is 0 Å². The summed E-state index contributed by atoms with van der Waals surface area (Å²) in [6.07, 6.45) is 10.3. The topological polar surface area (TPSA) is 69.6 Å². The molecule has 0 saturated heterocycles. The van der Waals surface area contributed by atoms with Crippen molar-refractivity contribution >= 4 is 20.0 Å². The minimum absolute atomic E-state index is 0.649. The van der Waals surface area contributed by atoms with E-state index in [1.54, 1.807) is 10.9 Å². The van der Waals surface area contributed by atoms with E-state index in [-0.39, 0.29) is 0 Å². The number of hydrogen-bond acceptors (Lipinski definition) is 4. The summed E-state index contributed by atoms with van der Waals surface area (Å²) in [5.74, 6) is 0.649. The molecule has 0 radical (unpaired) electrons. The zero-order valence-electron chi connectivity index (χ0n) is 11.7. The summed E-state index contributed by atoms with van der Waals surface area (Å²) >= 11 is 0. The van der Waals surface area contributed by atoms with Crippen LogP contribution in [0.25, 0.3) is 11.3 Å². The summed E-state index contributed by atoms with van der Waals surface area (Å²) in [4.78, 5) is 9.11. The largest absolute Gasteiger partial charge is 0.383 e. The second-order valence-electron chi connectivity index (χ2n) is 5.31. The zero-order chi connectivity index (χ0) is 13.9. The van der Waals surface area contributed by atoms with Crippen LogP contribution in [0.2, 0.25) is 0 Å². The molecule has 1 atom stereocenters. The van der Waals surface area contributed by atoms with Crippen LogP contribution in [0.5, 0.6) is 0 Å². The molecule has 2 aromatic heterocycles. The molecule has 106 valence electrons. The lowest BCUT2D eigenvalue weighted by Crippen LogP contribution is -2.15. The minimum Gasteiger partial charge on any atom is -0.383 e. The van der Waals surface area contributed by atoms with Gasteiger partial charge in [-0.1, -0.05) is 19.3 Å². The molecule has 1 fully saturated rings. The fourth-order valence-corrected chi connectivity index (χ4v) is 4.05. The van der Waals surface area contributed by atoms with Crippen molar-refractivity contribution < 1.29 is 0 Å². The number of hydrogen-bond donors (Lipinski definition) is 1. The number of nitrogen functional groups attached to an aromatic ring is 1. The maximum Gasteiger partial charge on any atom is 0.148 e. The first-order chi connectivity index (χ1) is 9.74. The van der Waals surface area contributed by atoms with Crippen LogP contribution in [0.1, 0.15) is 32.1 Å². The van der Waals surface area contributed by atoms with Crippen LogP contribution in [0.3, 0.4) is 0 Å². The fraction of sp³-hybridized carbons (Fsp3) is 0.500. The Labute approximate surface area is 120 Å². The Bertz CT molecular complexity index is 589. The quantitative estimate of drug-likeness (QED) is 0.878. The van der Waals surface area contributed by atoms with Crippen LogP contribution in [0.4, 0.5) is 5.82 Å². The molecule has 20 heavy (non-hydrogen) atoms. The van der Waals surface area contributed by atoms with E-state index in [0.29, 0.717) is 14.4 Å². The van der Waals surface area contributed by atoms with Gasteiger partial charge in [0.25, 0.3) is 0 Å². The maximum atomic E-state index is 6.01. The molecule has 2 N–H and O–H groups in total. The van der Waals surface area contributed by atoms with Gasteiger partial charge in [0.2, 0.25) is 0 Å². The molecule has 0 spiro atoms. The van der Waals surface area contributed by atoms with Gasteiger partial charge in [0.15, 0.2) is 0 Å². The van der Waals surface area contributed by atoms with Crippen molar-refractivity contribution in [2.75, 3.05) is 5.73 Å². The number of aryl methyl sites for hydroxylation is 1. The van der Waals surface area contributed by atoms with Crippen molar-refractivity contribution in [2.45, 2.75) is 37.8 Å². The second-order valence-corrected chi connectivity index (χ2v) is 6.86. The highest BCUT2D eigenvalue weighted by molar-refractivity contribution is 7.47. The third-order valence-electron chi connectivity index (χ3n) is 3.85. The van der Waals surface area contributed by atoms with Crippen LogP contribution >= 0.6 is 8.58 Å². The molecule has 0 aliphatic heterocycles. The van der Waals surface area contributed by atoms with E-state index < -0.39 is 0 Å². The van der Waals surface area contributed by atoms with Crippen LogP contribution in [-0.4, -0.2) is 25.4 Å². The van der Waals surface area contributed by atoms with Crippen molar-refractivity contribution in [1.29, 1.82) is 0 Å². The molecular formula is C14H20N5P. The van der Waals surface area contributed by atoms with E-state index in [4.69, 9.17) is 5.73 Å². The van der Waals surface area contributed by atoms with Gasteiger partial charge in [-0.3, -0.25) is 4.68 Å². The van der Waals surface area contributed by atoms with E-state index in [1.807, 2.05) is 19.3 Å². The van der Waals surface area contributed by atoms with Gasteiger partial charge in [-0.25, -0.2) is 9.97 Å². The highest BCUT2D eigenvalue weighted by Gasteiger charge is 2.16. The third kappa shape index (κ3) is 2.83. The Balaban J connectivity index is 1.80. The molecule has 0 aromatic carbocycles. The normalized spacial score (nSPS) is 17.1. The van der Waals surface area contributed by atoms with E-state index in [0.717, 1.165) is 22.5 Å². The summed E-state index contributed by atoms with van der Waals surface area (Å²) in [6, 6.07) is 1.90. The Morgan fingerprint density at radius 3 is 2.80 bits per heavy atom. The Kier molecular flexibility index (Phi) is 3.97. The predicted molar refractivity (Wildman–Crippen MR) is 83.5 cm³/mol. The van der Waals surface area contributed by atoms with Gasteiger partial charge in [-0.05, 0) is 33.1 Å². The Morgan fingerprint density at radius 2 is 2.10 bits per heavy atom. The molecule has 0 amide bonds. The molecule has 1 aliphatic rings. The molecule has 3 rings (SSSR count). The monoisotopic (exact) mass is 289 g/mol. The number of rotatable bonds is 3. The summed E-state index contributed by atoms with van der Waals surface area (Å²) in [5.41, 5.74) is 9.51. The lowest BCUT2D eigenvalue weighted by Gasteiger charge is -2.20. The summed E-state index contributed by atoms with van der Waals surface area (Å²) < 4.78 is 1.67. The van der Waals surface area contributed by atoms with Crippen LogP contribution in [-0.2, 0) is 7.05 Å². The van der Waals surface area contributed by atoms with Gasteiger partial charge in [0.05, 0.1) is 17.5 Å². The molecule has 5 nitrogen and oxygen atoms in total. The van der Waals surface area contributed by atoms with Gasteiger partial charge in [0, 0.05) is 13.2 Å². The van der Waals surface area contributed by atoms with Crippen molar-refractivity contribution in [3.05, 3.63) is 18.5 Å². The van der Waals surface area contributed by atoms with Crippen molar-refractivity contribution in [3.63, 3.8) is 0 Å². The molecule has 6 heteroatoms. The number of aromatic nitrogens is 4. The Hall–Kier alpha value is -1.48. The van der Waals surface area contributed by atoms with Crippen molar-refractivity contribution in [2.24, 2.45) is 7.05 Å². The van der Waals surface area contributed by atoms with Crippen molar-refractivity contribution in [1.82, 2.24) is 19.7 Å². The van der Waals surface area contributed by atoms with E-state index in [9.17, 15) is 0 Å². The second kappa shape index (κ2) is 5.88. The number of nitrogens with two attached hydrogens (primary N) is 1. The molecule has 1 aliphatic carbocycles. The molecular weight excluding hydrogens is 269 g/mol. The first-order valence-electron chi connectivity index (χ1n) is 7.11. The van der Waals surface area contributed by atoms with Gasteiger partial charge in [0.1, 0.15) is 11.4 Å². The first kappa shape index (κ1) is 13.5. The van der Waals surface area contributed by atoms with E-state index in [1.165, 1.54) is 32.1 Å². The smallest absolute Gasteiger partial charge is 0.148 e. The minimum atomic E-state index is 0.649. The van der Waals surface area contributed by atoms with Gasteiger partial charge in [-0.2, -0.15) is 5.10 Å². The first-order valence-corrected chi connectivity index (χ1v) is 8.19. The number of nitrogens with zero attached hydrogens (tertiary/aromatic N) is 4. The highest BCUT2D eigenvalue weighted by Crippen LogP contribution is 2.32. The number of anilines is 1. The predicted octanol–water partition coefficient (Wildman–Crippen LogP) is 2.10. The third-order valence-corrected chi connectivity index (χ3v) is 5.34. The van der Waals surface area contributed by atoms with Gasteiger partial charge in [-0.15, -0.1) is 0 Å². The fourth-order valence-electron chi connectivity index (χ4n) is 2.65. The maximum absolute atomic E-state index is 6.01. The zero-order valence-corrected chi connectivity index (χ0v) is 12.7. The SMILES string of the molecule is Cn1ncc(-c2ccnc(PC3CCCCC3)n2)c1N. The summed E-state index contributed by atoms with van der Waals surface area (Å²) in [5, 5.41) is 4.17. The average molecular weight is 289 g/mol. The van der Waals surface area contributed by atoms with Crippen LogP contribution < -0.4 is 11.3 Å². The average Bonchev–Trinajstić information content (AvgIpc) is 2.80. The molecule has 2 aromatic rings. The van der Waals surface area contributed by atoms with Crippen LogP contribution in [0.15, 0.2) is 18.5 Å².